The lowest BCUT2D eigenvalue weighted by atomic mass is 10.1. The van der Waals surface area contributed by atoms with Crippen molar-refractivity contribution >= 4 is 28.0 Å². The molecule has 0 radical (unpaired) electrons. The Kier molecular flexibility index (Phi) is 3.46. The van der Waals surface area contributed by atoms with E-state index >= 15 is 0 Å². The van der Waals surface area contributed by atoms with E-state index in [-0.39, 0.29) is 5.78 Å². The van der Waals surface area contributed by atoms with Crippen LogP contribution >= 0.6 is 11.3 Å². The van der Waals surface area contributed by atoms with E-state index in [1.54, 1.807) is 17.4 Å². The second kappa shape index (κ2) is 5.65. The Morgan fingerprint density at radius 2 is 2.04 bits per heavy atom. The monoisotopic (exact) mass is 334 g/mol. The van der Waals surface area contributed by atoms with Crippen LogP contribution in [-0.2, 0) is 0 Å². The first-order valence-corrected chi connectivity index (χ1v) is 8.38. The zero-order valence-electron chi connectivity index (χ0n) is 13.2. The van der Waals surface area contributed by atoms with Gasteiger partial charge in [0.25, 0.3) is 0 Å². The normalized spacial score (nSPS) is 11.1. The minimum Gasteiger partial charge on any atom is -0.293 e. The third-order valence-corrected chi connectivity index (χ3v) is 4.56. The molecular formula is C18H14N4OS. The average molecular weight is 334 g/mol. The summed E-state index contributed by atoms with van der Waals surface area (Å²) in [5.41, 5.74) is 3.15. The molecule has 0 bridgehead atoms. The highest BCUT2D eigenvalue weighted by Crippen LogP contribution is 2.25. The molecule has 0 N–H and O–H groups in total. The second-order valence-corrected chi connectivity index (χ2v) is 6.58. The first-order valence-electron chi connectivity index (χ1n) is 7.50. The number of rotatable bonds is 3. The molecule has 0 aliphatic carbocycles. The standard InChI is InChI=1S/C18H14N4OS/c1-11(23)15-4-3-5-16(21-15)13-6-7-14-9-19-22(17(14)8-13)18-10-24-12(2)20-18/h3-10H,1-2H3. The molecule has 3 heterocycles. The van der Waals surface area contributed by atoms with Crippen molar-refractivity contribution in [3.63, 3.8) is 0 Å². The molecule has 0 aliphatic heterocycles. The molecule has 0 unspecified atom stereocenters. The van der Waals surface area contributed by atoms with Crippen molar-refractivity contribution in [2.45, 2.75) is 13.8 Å². The van der Waals surface area contributed by atoms with Gasteiger partial charge >= 0.3 is 0 Å². The maximum atomic E-state index is 11.6. The molecule has 24 heavy (non-hydrogen) atoms. The number of carbonyl (C=O) groups excluding carboxylic acids is 1. The molecule has 0 fully saturated rings. The molecule has 6 heteroatoms. The maximum absolute atomic E-state index is 11.6. The van der Waals surface area contributed by atoms with E-state index in [2.05, 4.69) is 15.1 Å². The number of carbonyl (C=O) groups is 1. The number of aromatic nitrogens is 4. The Balaban J connectivity index is 1.86. The quantitative estimate of drug-likeness (QED) is 0.530. The van der Waals surface area contributed by atoms with Crippen LogP contribution in [0.3, 0.4) is 0 Å². The zero-order chi connectivity index (χ0) is 16.7. The minimum absolute atomic E-state index is 0.0408. The summed E-state index contributed by atoms with van der Waals surface area (Å²) in [4.78, 5) is 20.5. The first kappa shape index (κ1) is 14.7. The lowest BCUT2D eigenvalue weighted by Crippen LogP contribution is -1.98. The van der Waals surface area contributed by atoms with Crippen LogP contribution in [0.1, 0.15) is 22.4 Å². The number of hydrogen-bond acceptors (Lipinski definition) is 5. The average Bonchev–Trinajstić information content (AvgIpc) is 3.20. The van der Waals surface area contributed by atoms with Gasteiger partial charge < -0.3 is 0 Å². The van der Waals surface area contributed by atoms with E-state index in [9.17, 15) is 4.79 Å². The van der Waals surface area contributed by atoms with Crippen LogP contribution in [0.5, 0.6) is 0 Å². The van der Waals surface area contributed by atoms with E-state index in [0.717, 1.165) is 33.0 Å². The highest BCUT2D eigenvalue weighted by atomic mass is 32.1. The van der Waals surface area contributed by atoms with Crippen LogP contribution in [0.15, 0.2) is 48.0 Å². The summed E-state index contributed by atoms with van der Waals surface area (Å²) in [5.74, 6) is 0.774. The van der Waals surface area contributed by atoms with Crippen molar-refractivity contribution in [1.29, 1.82) is 0 Å². The second-order valence-electron chi connectivity index (χ2n) is 5.52. The van der Waals surface area contributed by atoms with E-state index < -0.39 is 0 Å². The molecule has 118 valence electrons. The van der Waals surface area contributed by atoms with Crippen molar-refractivity contribution in [1.82, 2.24) is 19.7 Å². The fraction of sp³-hybridized carbons (Fsp3) is 0.111. The molecule has 5 nitrogen and oxygen atoms in total. The SMILES string of the molecule is CC(=O)c1cccc(-c2ccc3cnn(-c4csc(C)n4)c3c2)n1. The van der Waals surface area contributed by atoms with E-state index in [0.29, 0.717) is 5.69 Å². The van der Waals surface area contributed by atoms with E-state index in [1.807, 2.05) is 53.5 Å². The molecule has 4 aromatic rings. The Morgan fingerprint density at radius 1 is 1.17 bits per heavy atom. The topological polar surface area (TPSA) is 60.7 Å². The number of pyridine rings is 1. The molecule has 1 aromatic carbocycles. The highest BCUT2D eigenvalue weighted by Gasteiger charge is 2.10. The third kappa shape index (κ3) is 2.51. The number of Topliss-reactive ketones (excluding diaryl/α,β-unsaturated/α-hetero) is 1. The minimum atomic E-state index is -0.0408. The number of hydrogen-bond donors (Lipinski definition) is 0. The molecule has 0 aliphatic rings. The predicted octanol–water partition coefficient (Wildman–Crippen LogP) is 4.06. The van der Waals surface area contributed by atoms with Crippen molar-refractivity contribution in [2.75, 3.05) is 0 Å². The largest absolute Gasteiger partial charge is 0.293 e. The van der Waals surface area contributed by atoms with Crippen molar-refractivity contribution < 1.29 is 4.79 Å². The van der Waals surface area contributed by atoms with Gasteiger partial charge in [0.15, 0.2) is 11.6 Å². The maximum Gasteiger partial charge on any atom is 0.178 e. The van der Waals surface area contributed by atoms with Gasteiger partial charge in [-0.3, -0.25) is 4.79 Å². The van der Waals surface area contributed by atoms with Gasteiger partial charge in [0.1, 0.15) is 5.69 Å². The van der Waals surface area contributed by atoms with Gasteiger partial charge in [0, 0.05) is 23.3 Å². The van der Waals surface area contributed by atoms with Crippen LogP contribution in [0.2, 0.25) is 0 Å². The van der Waals surface area contributed by atoms with Gasteiger partial charge in [-0.25, -0.2) is 14.6 Å². The summed E-state index contributed by atoms with van der Waals surface area (Å²) in [6, 6.07) is 11.5. The summed E-state index contributed by atoms with van der Waals surface area (Å²) in [6.45, 7) is 3.50. The number of benzene rings is 1. The molecule has 3 aromatic heterocycles. The van der Waals surface area contributed by atoms with E-state index in [4.69, 9.17) is 0 Å². The van der Waals surface area contributed by atoms with Crippen LogP contribution in [-0.4, -0.2) is 25.5 Å². The van der Waals surface area contributed by atoms with Crippen LogP contribution in [0.25, 0.3) is 28.0 Å². The van der Waals surface area contributed by atoms with E-state index in [1.165, 1.54) is 6.92 Å². The third-order valence-electron chi connectivity index (χ3n) is 3.80. The molecule has 4 rings (SSSR count). The first-order chi connectivity index (χ1) is 11.6. The van der Waals surface area contributed by atoms with Gasteiger partial charge in [0.2, 0.25) is 0 Å². The molecule has 0 spiro atoms. The molecule has 0 saturated heterocycles. The smallest absolute Gasteiger partial charge is 0.178 e. The zero-order valence-corrected chi connectivity index (χ0v) is 14.0. The van der Waals surface area contributed by atoms with Gasteiger partial charge in [-0.15, -0.1) is 11.3 Å². The van der Waals surface area contributed by atoms with Gasteiger partial charge in [0.05, 0.1) is 22.4 Å². The Hall–Kier alpha value is -2.86. The Morgan fingerprint density at radius 3 is 2.79 bits per heavy atom. The summed E-state index contributed by atoms with van der Waals surface area (Å²) in [7, 11) is 0. The molecular weight excluding hydrogens is 320 g/mol. The Labute approximate surface area is 142 Å². The van der Waals surface area contributed by atoms with Gasteiger partial charge in [-0.05, 0) is 25.1 Å². The fourth-order valence-electron chi connectivity index (χ4n) is 2.60. The number of nitrogens with zero attached hydrogens (tertiary/aromatic N) is 4. The number of fused-ring (bicyclic) bond motifs is 1. The summed E-state index contributed by atoms with van der Waals surface area (Å²) in [6.07, 6.45) is 1.83. The van der Waals surface area contributed by atoms with Crippen molar-refractivity contribution in [3.8, 4) is 17.1 Å². The van der Waals surface area contributed by atoms with Gasteiger partial charge in [-0.2, -0.15) is 5.10 Å². The van der Waals surface area contributed by atoms with Crippen molar-refractivity contribution in [3.05, 3.63) is 58.7 Å². The summed E-state index contributed by atoms with van der Waals surface area (Å²) < 4.78 is 1.83. The van der Waals surface area contributed by atoms with Gasteiger partial charge in [-0.1, -0.05) is 18.2 Å². The van der Waals surface area contributed by atoms with Crippen LogP contribution < -0.4 is 0 Å². The lowest BCUT2D eigenvalue weighted by Gasteiger charge is -2.04. The summed E-state index contributed by atoms with van der Waals surface area (Å²) in [5, 5.41) is 8.47. The van der Waals surface area contributed by atoms with Crippen LogP contribution in [0.4, 0.5) is 0 Å². The summed E-state index contributed by atoms with van der Waals surface area (Å²) >= 11 is 1.60. The number of aryl methyl sites for hydroxylation is 1. The Bertz CT molecular complexity index is 1060. The molecule has 0 atom stereocenters. The predicted molar refractivity (Wildman–Crippen MR) is 94.7 cm³/mol. The lowest BCUT2D eigenvalue weighted by molar-refractivity contribution is 0.101. The highest BCUT2D eigenvalue weighted by molar-refractivity contribution is 7.09. The number of ketones is 1. The molecule has 0 amide bonds. The van der Waals surface area contributed by atoms with Crippen LogP contribution in [0, 0.1) is 6.92 Å². The number of thiazole rings is 1. The fourth-order valence-corrected chi connectivity index (χ4v) is 3.18. The van der Waals surface area contributed by atoms with Crippen molar-refractivity contribution in [2.24, 2.45) is 0 Å². The molecule has 0 saturated carbocycles.